The van der Waals surface area contributed by atoms with Crippen molar-refractivity contribution in [2.75, 3.05) is 6.61 Å². The summed E-state index contributed by atoms with van der Waals surface area (Å²) in [5.74, 6) is 0.481. The van der Waals surface area contributed by atoms with Gasteiger partial charge in [0.15, 0.2) is 0 Å². The van der Waals surface area contributed by atoms with Gasteiger partial charge in [-0.3, -0.25) is 0 Å². The lowest BCUT2D eigenvalue weighted by molar-refractivity contribution is -0.146. The van der Waals surface area contributed by atoms with Gasteiger partial charge in [-0.25, -0.2) is 4.79 Å². The molecule has 0 aliphatic carbocycles. The summed E-state index contributed by atoms with van der Waals surface area (Å²) in [6.45, 7) is 3.85. The predicted octanol–water partition coefficient (Wildman–Crippen LogP) is 1.14. The normalized spacial score (nSPS) is 12.5. The minimum atomic E-state index is -0.432. The fraction of sp³-hybridized carbons (Fsp3) is 0.625. The van der Waals surface area contributed by atoms with E-state index in [2.05, 4.69) is 10.2 Å². The van der Waals surface area contributed by atoms with E-state index < -0.39 is 6.04 Å². The fourth-order valence-electron chi connectivity index (χ4n) is 1.06. The zero-order valence-electron chi connectivity index (χ0n) is 8.11. The number of nitrogens with zero attached hydrogens (tertiary/aromatic N) is 3. The van der Waals surface area contributed by atoms with Crippen LogP contribution in [0, 0.1) is 0 Å². The van der Waals surface area contributed by atoms with Crippen LogP contribution >= 0.6 is 11.6 Å². The molecular weight excluding hydrogens is 206 g/mol. The van der Waals surface area contributed by atoms with Gasteiger partial charge in [0.2, 0.25) is 0 Å². The minimum Gasteiger partial charge on any atom is -0.464 e. The van der Waals surface area contributed by atoms with Crippen LogP contribution in [0.25, 0.3) is 0 Å². The van der Waals surface area contributed by atoms with E-state index in [0.29, 0.717) is 12.4 Å². The van der Waals surface area contributed by atoms with Gasteiger partial charge in [0.1, 0.15) is 18.2 Å². The van der Waals surface area contributed by atoms with Crippen molar-refractivity contribution < 1.29 is 9.53 Å². The molecule has 1 atom stereocenters. The molecule has 0 saturated heterocycles. The Hall–Kier alpha value is -1.10. The monoisotopic (exact) mass is 217 g/mol. The van der Waals surface area contributed by atoms with E-state index in [1.807, 2.05) is 0 Å². The highest BCUT2D eigenvalue weighted by atomic mass is 35.5. The molecule has 1 aromatic heterocycles. The number of halogens is 1. The molecule has 1 aromatic rings. The van der Waals surface area contributed by atoms with E-state index in [4.69, 9.17) is 16.3 Å². The number of rotatable bonds is 4. The Kier molecular flexibility index (Phi) is 3.88. The first-order valence-electron chi connectivity index (χ1n) is 4.31. The van der Waals surface area contributed by atoms with Crippen molar-refractivity contribution in [1.82, 2.24) is 14.8 Å². The van der Waals surface area contributed by atoms with Gasteiger partial charge < -0.3 is 9.30 Å². The van der Waals surface area contributed by atoms with Crippen LogP contribution < -0.4 is 0 Å². The van der Waals surface area contributed by atoms with Crippen LogP contribution in [-0.2, 0) is 15.4 Å². The number of ether oxygens (including phenoxy) is 1. The van der Waals surface area contributed by atoms with Gasteiger partial charge in [0.25, 0.3) is 0 Å². The van der Waals surface area contributed by atoms with Gasteiger partial charge in [0, 0.05) is 0 Å². The van der Waals surface area contributed by atoms with Crippen LogP contribution in [0.15, 0.2) is 6.33 Å². The number of carbonyl (C=O) groups is 1. The zero-order valence-corrected chi connectivity index (χ0v) is 8.86. The van der Waals surface area contributed by atoms with Gasteiger partial charge in [0.05, 0.1) is 12.5 Å². The first-order valence-corrected chi connectivity index (χ1v) is 4.85. The summed E-state index contributed by atoms with van der Waals surface area (Å²) < 4.78 is 6.47. The maximum atomic E-state index is 11.4. The molecule has 5 nitrogen and oxygen atoms in total. The van der Waals surface area contributed by atoms with Crippen molar-refractivity contribution in [2.24, 2.45) is 0 Å². The second kappa shape index (κ2) is 4.95. The predicted molar refractivity (Wildman–Crippen MR) is 50.9 cm³/mol. The third-order valence-corrected chi connectivity index (χ3v) is 2.05. The molecule has 0 radical (unpaired) electrons. The van der Waals surface area contributed by atoms with Crippen LogP contribution in [0.5, 0.6) is 0 Å². The Bertz CT molecular complexity index is 313. The summed E-state index contributed by atoms with van der Waals surface area (Å²) in [6.07, 6.45) is 1.47. The summed E-state index contributed by atoms with van der Waals surface area (Å²) in [5.41, 5.74) is 0. The standard InChI is InChI=1S/C8H12ClN3O2/c1-3-14-8(13)6(2)12-5-10-11-7(12)4-9/h5-6H,3-4H2,1-2H3. The van der Waals surface area contributed by atoms with Gasteiger partial charge in [-0.1, -0.05) is 0 Å². The molecule has 0 spiro atoms. The molecule has 1 rings (SSSR count). The van der Waals surface area contributed by atoms with E-state index in [-0.39, 0.29) is 11.8 Å². The zero-order chi connectivity index (χ0) is 10.6. The van der Waals surface area contributed by atoms with E-state index >= 15 is 0 Å². The molecule has 6 heteroatoms. The van der Waals surface area contributed by atoms with Gasteiger partial charge >= 0.3 is 5.97 Å². The second-order valence-electron chi connectivity index (χ2n) is 2.72. The smallest absolute Gasteiger partial charge is 0.328 e. The van der Waals surface area contributed by atoms with Crippen molar-refractivity contribution in [2.45, 2.75) is 25.8 Å². The topological polar surface area (TPSA) is 57.0 Å². The summed E-state index contributed by atoms with van der Waals surface area (Å²) in [7, 11) is 0. The van der Waals surface area contributed by atoms with Crippen molar-refractivity contribution in [3.63, 3.8) is 0 Å². The van der Waals surface area contributed by atoms with Crippen LogP contribution in [-0.4, -0.2) is 27.3 Å². The Balaban J connectivity index is 2.77. The Morgan fingerprint density at radius 3 is 3.07 bits per heavy atom. The van der Waals surface area contributed by atoms with Crippen molar-refractivity contribution in [3.05, 3.63) is 12.2 Å². The molecule has 0 fully saturated rings. The number of alkyl halides is 1. The van der Waals surface area contributed by atoms with Crippen LogP contribution in [0.3, 0.4) is 0 Å². The van der Waals surface area contributed by atoms with E-state index in [0.717, 1.165) is 0 Å². The average molecular weight is 218 g/mol. The van der Waals surface area contributed by atoms with Gasteiger partial charge in [-0.05, 0) is 13.8 Å². The molecule has 78 valence electrons. The maximum absolute atomic E-state index is 11.4. The van der Waals surface area contributed by atoms with Crippen LogP contribution in [0.2, 0.25) is 0 Å². The largest absolute Gasteiger partial charge is 0.464 e. The van der Waals surface area contributed by atoms with E-state index in [9.17, 15) is 4.79 Å². The van der Waals surface area contributed by atoms with Crippen molar-refractivity contribution in [1.29, 1.82) is 0 Å². The van der Waals surface area contributed by atoms with E-state index in [1.54, 1.807) is 18.4 Å². The number of hydrogen-bond acceptors (Lipinski definition) is 4. The molecule has 0 saturated carbocycles. The number of carbonyl (C=O) groups excluding carboxylic acids is 1. The lowest BCUT2D eigenvalue weighted by Gasteiger charge is -2.12. The van der Waals surface area contributed by atoms with Gasteiger partial charge in [-0.2, -0.15) is 0 Å². The molecule has 1 unspecified atom stereocenters. The van der Waals surface area contributed by atoms with Crippen molar-refractivity contribution in [3.8, 4) is 0 Å². The molecular formula is C8H12ClN3O2. The first kappa shape index (κ1) is 11.0. The summed E-state index contributed by atoms with van der Waals surface area (Å²) >= 11 is 5.62. The average Bonchev–Trinajstić information content (AvgIpc) is 2.64. The highest BCUT2D eigenvalue weighted by molar-refractivity contribution is 6.16. The molecule has 0 amide bonds. The molecule has 14 heavy (non-hydrogen) atoms. The number of aromatic nitrogens is 3. The SMILES string of the molecule is CCOC(=O)C(C)n1cnnc1CCl. The molecule has 0 N–H and O–H groups in total. The first-order chi connectivity index (χ1) is 6.70. The molecule has 1 heterocycles. The molecule has 0 bridgehead atoms. The third-order valence-electron chi connectivity index (χ3n) is 1.81. The lowest BCUT2D eigenvalue weighted by atomic mass is 10.3. The Morgan fingerprint density at radius 2 is 2.50 bits per heavy atom. The summed E-state index contributed by atoms with van der Waals surface area (Å²) in [5, 5.41) is 7.45. The Labute approximate surface area is 87.0 Å². The third kappa shape index (κ3) is 2.23. The summed E-state index contributed by atoms with van der Waals surface area (Å²) in [4.78, 5) is 11.4. The molecule has 0 aliphatic heterocycles. The molecule has 0 aromatic carbocycles. The lowest BCUT2D eigenvalue weighted by Crippen LogP contribution is -2.20. The minimum absolute atomic E-state index is 0.226. The molecule has 0 aliphatic rings. The maximum Gasteiger partial charge on any atom is 0.328 e. The summed E-state index contributed by atoms with van der Waals surface area (Å²) in [6, 6.07) is -0.432. The quantitative estimate of drug-likeness (QED) is 0.561. The van der Waals surface area contributed by atoms with E-state index in [1.165, 1.54) is 6.33 Å². The fourth-order valence-corrected chi connectivity index (χ4v) is 1.25. The highest BCUT2D eigenvalue weighted by Crippen LogP contribution is 2.11. The number of hydrogen-bond donors (Lipinski definition) is 0. The Morgan fingerprint density at radius 1 is 1.79 bits per heavy atom. The number of esters is 1. The van der Waals surface area contributed by atoms with Gasteiger partial charge in [-0.15, -0.1) is 21.8 Å². The van der Waals surface area contributed by atoms with Crippen LogP contribution in [0.4, 0.5) is 0 Å². The van der Waals surface area contributed by atoms with Crippen molar-refractivity contribution >= 4 is 17.6 Å². The second-order valence-corrected chi connectivity index (χ2v) is 2.98. The highest BCUT2D eigenvalue weighted by Gasteiger charge is 2.18. The van der Waals surface area contributed by atoms with Crippen LogP contribution in [0.1, 0.15) is 25.7 Å².